The topological polar surface area (TPSA) is 97.4 Å². The molecule has 2 amide bonds. The summed E-state index contributed by atoms with van der Waals surface area (Å²) in [5.41, 5.74) is 4.47. The van der Waals surface area contributed by atoms with E-state index in [1.54, 1.807) is 23.8 Å². The van der Waals surface area contributed by atoms with Crippen LogP contribution in [0.4, 0.5) is 0 Å². The second kappa shape index (κ2) is 11.5. The number of hydrogen-bond donors (Lipinski definition) is 0. The SMILES string of the molecule is C=CCOc1ccc(-c2nn(-c3ccccc3)cc2/C=C2/C(=O)N(CCOC)C(=O)C(C#N)=C2C)c(C)c1. The molecule has 0 N–H and O–H groups in total. The Hall–Kier alpha value is -4.74. The molecule has 3 aromatic rings. The Balaban J connectivity index is 1.89. The van der Waals surface area contributed by atoms with E-state index in [0.717, 1.165) is 21.7 Å². The van der Waals surface area contributed by atoms with E-state index in [2.05, 4.69) is 6.58 Å². The lowest BCUT2D eigenvalue weighted by Gasteiger charge is -2.27. The summed E-state index contributed by atoms with van der Waals surface area (Å²) in [6.45, 7) is 7.87. The third kappa shape index (κ3) is 5.19. The number of aryl methyl sites for hydroxylation is 1. The molecular weight excluding hydrogens is 480 g/mol. The third-order valence-corrected chi connectivity index (χ3v) is 6.23. The summed E-state index contributed by atoms with van der Waals surface area (Å²) in [5, 5.41) is 14.6. The van der Waals surface area contributed by atoms with E-state index in [1.165, 1.54) is 7.11 Å². The van der Waals surface area contributed by atoms with Gasteiger partial charge in [-0.1, -0.05) is 30.9 Å². The second-order valence-corrected chi connectivity index (χ2v) is 8.71. The lowest BCUT2D eigenvalue weighted by atomic mass is 9.93. The van der Waals surface area contributed by atoms with Crippen LogP contribution in [-0.4, -0.2) is 53.4 Å². The van der Waals surface area contributed by atoms with Crippen molar-refractivity contribution < 1.29 is 19.1 Å². The van der Waals surface area contributed by atoms with Crippen LogP contribution in [0.1, 0.15) is 18.1 Å². The molecule has 0 saturated heterocycles. The number of carbonyl (C=O) groups excluding carboxylic acids is 2. The highest BCUT2D eigenvalue weighted by atomic mass is 16.5. The maximum atomic E-state index is 13.4. The molecule has 0 spiro atoms. The summed E-state index contributed by atoms with van der Waals surface area (Å²) >= 11 is 0. The number of carbonyl (C=O) groups is 2. The molecule has 4 rings (SSSR count). The smallest absolute Gasteiger partial charge is 0.271 e. The van der Waals surface area contributed by atoms with E-state index in [0.29, 0.717) is 29.2 Å². The number of nitriles is 1. The van der Waals surface area contributed by atoms with Gasteiger partial charge in [-0.25, -0.2) is 4.68 Å². The fourth-order valence-corrected chi connectivity index (χ4v) is 4.23. The largest absolute Gasteiger partial charge is 0.490 e. The molecule has 1 aliphatic heterocycles. The van der Waals surface area contributed by atoms with Crippen LogP contribution in [0.3, 0.4) is 0 Å². The highest BCUT2D eigenvalue weighted by Gasteiger charge is 2.35. The molecule has 0 fully saturated rings. The van der Waals surface area contributed by atoms with Crippen molar-refractivity contribution in [2.75, 3.05) is 26.9 Å². The van der Waals surface area contributed by atoms with Gasteiger partial charge >= 0.3 is 0 Å². The summed E-state index contributed by atoms with van der Waals surface area (Å²) in [5.74, 6) is -0.386. The highest BCUT2D eigenvalue weighted by molar-refractivity contribution is 6.19. The Kier molecular flexibility index (Phi) is 8.00. The molecule has 0 aliphatic carbocycles. The van der Waals surface area contributed by atoms with Crippen molar-refractivity contribution in [3.8, 4) is 28.8 Å². The lowest BCUT2D eigenvalue weighted by Crippen LogP contribution is -2.44. The molecule has 0 radical (unpaired) electrons. The van der Waals surface area contributed by atoms with Gasteiger partial charge in [-0.2, -0.15) is 10.4 Å². The van der Waals surface area contributed by atoms with E-state index in [9.17, 15) is 14.9 Å². The van der Waals surface area contributed by atoms with Crippen LogP contribution in [-0.2, 0) is 14.3 Å². The number of benzene rings is 2. The molecule has 2 heterocycles. The van der Waals surface area contributed by atoms with Crippen LogP contribution < -0.4 is 4.74 Å². The minimum atomic E-state index is -0.615. The van der Waals surface area contributed by atoms with Crippen molar-refractivity contribution in [2.24, 2.45) is 0 Å². The maximum Gasteiger partial charge on any atom is 0.271 e. The van der Waals surface area contributed by atoms with E-state index in [4.69, 9.17) is 14.6 Å². The Morgan fingerprint density at radius 1 is 1.11 bits per heavy atom. The number of rotatable bonds is 9. The van der Waals surface area contributed by atoms with Gasteiger partial charge in [0.05, 0.1) is 18.8 Å². The van der Waals surface area contributed by atoms with Crippen molar-refractivity contribution in [3.63, 3.8) is 0 Å². The van der Waals surface area contributed by atoms with Gasteiger partial charge in [0, 0.05) is 30.0 Å². The second-order valence-electron chi connectivity index (χ2n) is 8.71. The molecule has 8 nitrogen and oxygen atoms in total. The zero-order valence-corrected chi connectivity index (χ0v) is 21.6. The molecule has 8 heteroatoms. The molecule has 2 aromatic carbocycles. The van der Waals surface area contributed by atoms with E-state index in [-0.39, 0.29) is 24.3 Å². The number of nitrogens with zero attached hydrogens (tertiary/aromatic N) is 4. The van der Waals surface area contributed by atoms with Crippen molar-refractivity contribution in [1.29, 1.82) is 5.26 Å². The van der Waals surface area contributed by atoms with Gasteiger partial charge in [0.25, 0.3) is 11.8 Å². The Labute approximate surface area is 221 Å². The molecule has 38 heavy (non-hydrogen) atoms. The first-order valence-corrected chi connectivity index (χ1v) is 12.1. The monoisotopic (exact) mass is 508 g/mol. The number of imide groups is 1. The zero-order chi connectivity index (χ0) is 27.2. The summed E-state index contributed by atoms with van der Waals surface area (Å²) < 4.78 is 12.5. The summed E-state index contributed by atoms with van der Waals surface area (Å²) in [7, 11) is 1.49. The van der Waals surface area contributed by atoms with Crippen molar-refractivity contribution in [2.45, 2.75) is 13.8 Å². The third-order valence-electron chi connectivity index (χ3n) is 6.23. The van der Waals surface area contributed by atoms with E-state index in [1.807, 2.05) is 67.7 Å². The average molecular weight is 509 g/mol. The Bertz CT molecular complexity index is 1490. The first-order valence-electron chi connectivity index (χ1n) is 12.1. The highest BCUT2D eigenvalue weighted by Crippen LogP contribution is 2.33. The van der Waals surface area contributed by atoms with E-state index >= 15 is 0 Å². The molecule has 0 unspecified atom stereocenters. The molecule has 0 atom stereocenters. The van der Waals surface area contributed by atoms with Gasteiger partial charge in [-0.05, 0) is 61.4 Å². The van der Waals surface area contributed by atoms with E-state index < -0.39 is 11.8 Å². The first-order chi connectivity index (χ1) is 18.4. The van der Waals surface area contributed by atoms with Crippen LogP contribution in [0, 0.1) is 18.3 Å². The van der Waals surface area contributed by atoms with Crippen molar-refractivity contribution in [1.82, 2.24) is 14.7 Å². The zero-order valence-electron chi connectivity index (χ0n) is 21.6. The van der Waals surface area contributed by atoms with Gasteiger partial charge in [0.2, 0.25) is 0 Å². The van der Waals surface area contributed by atoms with Crippen LogP contribution >= 0.6 is 0 Å². The molecule has 1 aromatic heterocycles. The number of para-hydroxylation sites is 1. The predicted octanol–water partition coefficient (Wildman–Crippen LogP) is 4.65. The molecule has 0 bridgehead atoms. The Morgan fingerprint density at radius 3 is 2.53 bits per heavy atom. The normalized spacial score (nSPS) is 14.7. The van der Waals surface area contributed by atoms with Gasteiger partial charge in [-0.15, -0.1) is 0 Å². The Morgan fingerprint density at radius 2 is 1.87 bits per heavy atom. The number of methoxy groups -OCH3 is 1. The van der Waals surface area contributed by atoms with Crippen LogP contribution in [0.25, 0.3) is 23.0 Å². The van der Waals surface area contributed by atoms with Crippen LogP contribution in [0.5, 0.6) is 5.75 Å². The minimum absolute atomic E-state index is 0.0470. The fourth-order valence-electron chi connectivity index (χ4n) is 4.23. The standard InChI is InChI=1S/C30H28N4O4/c1-5-14-38-24-11-12-25(20(2)16-24)28-22(19-34(32-28)23-9-7-6-8-10-23)17-26-21(3)27(18-31)30(36)33(29(26)35)13-15-37-4/h5-12,16-17,19H,1,13-15H2,2-4H3/b26-17+. The molecular formula is C30H28N4O4. The quantitative estimate of drug-likeness (QED) is 0.237. The van der Waals surface area contributed by atoms with Crippen molar-refractivity contribution in [3.05, 3.63) is 95.2 Å². The molecule has 0 saturated carbocycles. The fraction of sp³-hybridized carbons (Fsp3) is 0.200. The first kappa shape index (κ1) is 26.3. The summed E-state index contributed by atoms with van der Waals surface area (Å²) in [4.78, 5) is 27.3. The minimum Gasteiger partial charge on any atom is -0.490 e. The predicted molar refractivity (Wildman–Crippen MR) is 144 cm³/mol. The average Bonchev–Trinajstić information content (AvgIpc) is 3.34. The lowest BCUT2D eigenvalue weighted by molar-refractivity contribution is -0.141. The number of ether oxygens (including phenoxy) is 2. The molecule has 192 valence electrons. The number of hydrogen-bond acceptors (Lipinski definition) is 6. The van der Waals surface area contributed by atoms with Crippen LogP contribution in [0.15, 0.2) is 84.1 Å². The van der Waals surface area contributed by atoms with Crippen molar-refractivity contribution >= 4 is 17.9 Å². The maximum absolute atomic E-state index is 13.4. The number of amides is 2. The molecule has 1 aliphatic rings. The van der Waals surface area contributed by atoms with Crippen LogP contribution in [0.2, 0.25) is 0 Å². The van der Waals surface area contributed by atoms with Gasteiger partial charge in [0.1, 0.15) is 29.7 Å². The van der Waals surface area contributed by atoms with Gasteiger partial charge in [0.15, 0.2) is 0 Å². The summed E-state index contributed by atoms with van der Waals surface area (Å²) in [6.07, 6.45) is 5.22. The number of aromatic nitrogens is 2. The summed E-state index contributed by atoms with van der Waals surface area (Å²) in [6, 6.07) is 17.3. The van der Waals surface area contributed by atoms with Gasteiger partial charge < -0.3 is 9.47 Å². The van der Waals surface area contributed by atoms with Gasteiger partial charge in [-0.3, -0.25) is 14.5 Å².